The summed E-state index contributed by atoms with van der Waals surface area (Å²) in [6.07, 6.45) is 0.617. The molecule has 4 aromatic carbocycles. The molecule has 39 heavy (non-hydrogen) atoms. The highest BCUT2D eigenvalue weighted by Crippen LogP contribution is 2.56. The molecule has 196 valence electrons. The fourth-order valence-electron chi connectivity index (χ4n) is 6.72. The van der Waals surface area contributed by atoms with Crippen LogP contribution >= 0.6 is 0 Å². The van der Waals surface area contributed by atoms with E-state index in [2.05, 4.69) is 48.5 Å². The number of ether oxygens (including phenoxy) is 3. The molecular formula is C34H30O5. The van der Waals surface area contributed by atoms with Crippen molar-refractivity contribution in [3.8, 4) is 22.3 Å². The second-order valence-electron chi connectivity index (χ2n) is 10.4. The molecule has 0 saturated carbocycles. The van der Waals surface area contributed by atoms with Crippen LogP contribution in [-0.2, 0) is 29.8 Å². The standard InChI is InChI=1S/C34H30O5/c1-23(35)38-21-33(28-15-7-3-11-24(28)25-12-4-8-16-29(25)33)19-20-34(22-39-32(36)37-2)30-17-9-5-13-26(30)27-14-6-10-18-31(27)34/h3-18H,19-22H2,1-2H3. The lowest BCUT2D eigenvalue weighted by Crippen LogP contribution is -2.38. The molecular weight excluding hydrogens is 488 g/mol. The molecule has 5 nitrogen and oxygen atoms in total. The van der Waals surface area contributed by atoms with Gasteiger partial charge in [0.05, 0.1) is 17.9 Å². The zero-order chi connectivity index (χ0) is 27.0. The van der Waals surface area contributed by atoms with E-state index in [9.17, 15) is 9.59 Å². The second-order valence-corrected chi connectivity index (χ2v) is 10.4. The van der Waals surface area contributed by atoms with Crippen LogP contribution in [0.5, 0.6) is 0 Å². The molecule has 0 atom stereocenters. The molecule has 0 amide bonds. The molecule has 2 aliphatic rings. The SMILES string of the molecule is COC(=O)OCC1(CCC2(COC(C)=O)c3ccccc3-c3ccccc32)c2ccccc2-c2ccccc21. The first-order chi connectivity index (χ1) is 19.0. The van der Waals surface area contributed by atoms with Gasteiger partial charge in [-0.1, -0.05) is 97.1 Å². The van der Waals surface area contributed by atoms with Crippen LogP contribution in [0.1, 0.15) is 42.0 Å². The number of hydrogen-bond acceptors (Lipinski definition) is 5. The number of methoxy groups -OCH3 is 1. The molecule has 0 fully saturated rings. The van der Waals surface area contributed by atoms with E-state index in [0.29, 0.717) is 12.8 Å². The lowest BCUT2D eigenvalue weighted by atomic mass is 9.67. The third-order valence-electron chi connectivity index (χ3n) is 8.45. The summed E-state index contributed by atoms with van der Waals surface area (Å²) < 4.78 is 16.4. The molecule has 0 radical (unpaired) electrons. The van der Waals surface area contributed by atoms with Crippen molar-refractivity contribution in [2.45, 2.75) is 30.6 Å². The van der Waals surface area contributed by atoms with Crippen LogP contribution in [0.4, 0.5) is 4.79 Å². The Hall–Kier alpha value is -4.38. The maximum atomic E-state index is 12.3. The summed E-state index contributed by atoms with van der Waals surface area (Å²) >= 11 is 0. The first-order valence-electron chi connectivity index (χ1n) is 13.2. The maximum Gasteiger partial charge on any atom is 0.508 e. The number of carbonyl (C=O) groups is 2. The Balaban J connectivity index is 1.51. The summed E-state index contributed by atoms with van der Waals surface area (Å²) in [6.45, 7) is 1.82. The van der Waals surface area contributed by atoms with Gasteiger partial charge in [-0.25, -0.2) is 4.79 Å². The zero-order valence-electron chi connectivity index (χ0n) is 22.1. The molecule has 5 heteroatoms. The predicted molar refractivity (Wildman–Crippen MR) is 150 cm³/mol. The van der Waals surface area contributed by atoms with Gasteiger partial charge in [0.25, 0.3) is 0 Å². The Bertz CT molecular complexity index is 1480. The molecule has 0 aromatic heterocycles. The number of benzene rings is 4. The summed E-state index contributed by atoms with van der Waals surface area (Å²) in [5.41, 5.74) is 7.99. The Kier molecular flexibility index (Phi) is 6.22. The van der Waals surface area contributed by atoms with Crippen molar-refractivity contribution in [1.29, 1.82) is 0 Å². The molecule has 0 unspecified atom stereocenters. The quantitative estimate of drug-likeness (QED) is 0.246. The number of fused-ring (bicyclic) bond motifs is 6. The van der Waals surface area contributed by atoms with E-state index in [-0.39, 0.29) is 19.2 Å². The van der Waals surface area contributed by atoms with Crippen LogP contribution in [0.2, 0.25) is 0 Å². The van der Waals surface area contributed by atoms with Gasteiger partial charge in [0, 0.05) is 6.92 Å². The second kappa shape index (κ2) is 9.73. The Labute approximate surface area is 228 Å². The van der Waals surface area contributed by atoms with Gasteiger partial charge in [-0.15, -0.1) is 0 Å². The van der Waals surface area contributed by atoms with Crippen molar-refractivity contribution >= 4 is 12.1 Å². The summed E-state index contributed by atoms with van der Waals surface area (Å²) in [5.74, 6) is -0.309. The van der Waals surface area contributed by atoms with Gasteiger partial charge in [0.2, 0.25) is 0 Å². The van der Waals surface area contributed by atoms with E-state index in [0.717, 1.165) is 44.5 Å². The maximum absolute atomic E-state index is 12.3. The minimum Gasteiger partial charge on any atom is -0.465 e. The smallest absolute Gasteiger partial charge is 0.465 e. The van der Waals surface area contributed by atoms with Gasteiger partial charge in [0.15, 0.2) is 0 Å². The van der Waals surface area contributed by atoms with Crippen LogP contribution in [0.15, 0.2) is 97.1 Å². The van der Waals surface area contributed by atoms with Crippen molar-refractivity contribution in [1.82, 2.24) is 0 Å². The van der Waals surface area contributed by atoms with Gasteiger partial charge in [-0.05, 0) is 57.3 Å². The van der Waals surface area contributed by atoms with E-state index in [4.69, 9.17) is 14.2 Å². The summed E-state index contributed by atoms with van der Waals surface area (Å²) in [7, 11) is 1.33. The molecule has 6 rings (SSSR count). The van der Waals surface area contributed by atoms with Crippen molar-refractivity contribution in [3.05, 3.63) is 119 Å². The van der Waals surface area contributed by atoms with Gasteiger partial charge in [-0.3, -0.25) is 4.79 Å². The van der Waals surface area contributed by atoms with Crippen LogP contribution in [0.3, 0.4) is 0 Å². The highest BCUT2D eigenvalue weighted by molar-refractivity contribution is 5.83. The minimum absolute atomic E-state index is 0.140. The fourth-order valence-corrected chi connectivity index (χ4v) is 6.72. The van der Waals surface area contributed by atoms with E-state index in [1.54, 1.807) is 0 Å². The number of hydrogen-bond donors (Lipinski definition) is 0. The molecule has 0 aliphatic heterocycles. The first kappa shape index (κ1) is 24.9. The third kappa shape index (κ3) is 3.92. The molecule has 0 spiro atoms. The lowest BCUT2D eigenvalue weighted by molar-refractivity contribution is -0.142. The average molecular weight is 519 g/mol. The van der Waals surface area contributed by atoms with Gasteiger partial charge in [-0.2, -0.15) is 0 Å². The summed E-state index contributed by atoms with van der Waals surface area (Å²) in [5, 5.41) is 0. The van der Waals surface area contributed by atoms with Gasteiger partial charge >= 0.3 is 12.1 Å². The van der Waals surface area contributed by atoms with Crippen molar-refractivity contribution in [2.24, 2.45) is 0 Å². The Morgan fingerprint density at radius 1 is 0.564 bits per heavy atom. The Morgan fingerprint density at radius 2 is 0.897 bits per heavy atom. The summed E-state index contributed by atoms with van der Waals surface area (Å²) in [6, 6.07) is 33.4. The third-order valence-corrected chi connectivity index (χ3v) is 8.45. The number of esters is 1. The topological polar surface area (TPSA) is 61.8 Å². The van der Waals surface area contributed by atoms with Gasteiger partial charge in [0.1, 0.15) is 13.2 Å². The zero-order valence-corrected chi connectivity index (χ0v) is 22.1. The molecule has 0 saturated heterocycles. The molecule has 4 aromatic rings. The van der Waals surface area contributed by atoms with E-state index in [1.165, 1.54) is 14.0 Å². The summed E-state index contributed by atoms with van der Waals surface area (Å²) in [4.78, 5) is 24.4. The van der Waals surface area contributed by atoms with Crippen molar-refractivity contribution in [3.63, 3.8) is 0 Å². The van der Waals surface area contributed by atoms with Crippen molar-refractivity contribution in [2.75, 3.05) is 20.3 Å². The van der Waals surface area contributed by atoms with Gasteiger partial charge < -0.3 is 14.2 Å². The Morgan fingerprint density at radius 3 is 1.23 bits per heavy atom. The molecule has 0 bridgehead atoms. The molecule has 0 N–H and O–H groups in total. The molecule has 2 aliphatic carbocycles. The normalized spacial score (nSPS) is 14.9. The predicted octanol–water partition coefficient (Wildman–Crippen LogP) is 7.05. The largest absolute Gasteiger partial charge is 0.508 e. The number of rotatable bonds is 7. The molecule has 0 heterocycles. The van der Waals surface area contributed by atoms with E-state index in [1.807, 2.05) is 48.5 Å². The van der Waals surface area contributed by atoms with Crippen LogP contribution < -0.4 is 0 Å². The van der Waals surface area contributed by atoms with Crippen LogP contribution in [0.25, 0.3) is 22.3 Å². The monoisotopic (exact) mass is 518 g/mol. The first-order valence-corrected chi connectivity index (χ1v) is 13.2. The fraction of sp³-hybridized carbons (Fsp3) is 0.235. The highest BCUT2D eigenvalue weighted by atomic mass is 16.7. The van der Waals surface area contributed by atoms with Crippen LogP contribution in [0, 0.1) is 0 Å². The lowest BCUT2D eigenvalue weighted by Gasteiger charge is -2.37. The van der Waals surface area contributed by atoms with E-state index < -0.39 is 17.0 Å². The average Bonchev–Trinajstić information content (AvgIpc) is 3.42. The number of carbonyl (C=O) groups excluding carboxylic acids is 2. The minimum atomic E-state index is -0.706. The van der Waals surface area contributed by atoms with E-state index >= 15 is 0 Å². The van der Waals surface area contributed by atoms with Crippen molar-refractivity contribution < 1.29 is 23.8 Å². The highest BCUT2D eigenvalue weighted by Gasteiger charge is 2.49. The van der Waals surface area contributed by atoms with Crippen LogP contribution in [-0.4, -0.2) is 32.4 Å².